The van der Waals surface area contributed by atoms with E-state index in [2.05, 4.69) is 0 Å². The van der Waals surface area contributed by atoms with Gasteiger partial charge in [-0.3, -0.25) is 4.79 Å². The fourth-order valence-corrected chi connectivity index (χ4v) is 3.83. The summed E-state index contributed by atoms with van der Waals surface area (Å²) in [6, 6.07) is 13.7. The third-order valence-electron chi connectivity index (χ3n) is 5.07. The van der Waals surface area contributed by atoms with Gasteiger partial charge < -0.3 is 23.7 Å². The zero-order valence-electron chi connectivity index (χ0n) is 18.1. The summed E-state index contributed by atoms with van der Waals surface area (Å²) in [4.78, 5) is 12.9. The number of methoxy groups -OCH3 is 3. The summed E-state index contributed by atoms with van der Waals surface area (Å²) in [5.41, 5.74) is 1.84. The van der Waals surface area contributed by atoms with E-state index in [0.717, 1.165) is 5.56 Å². The first-order chi connectivity index (χ1) is 15.9. The second kappa shape index (κ2) is 9.65. The fourth-order valence-electron chi connectivity index (χ4n) is 3.36. The van der Waals surface area contributed by atoms with Gasteiger partial charge in [-0.25, -0.2) is 0 Å². The molecule has 170 valence electrons. The summed E-state index contributed by atoms with van der Waals surface area (Å²) in [6.07, 6.45) is 1.61. The highest BCUT2D eigenvalue weighted by atomic mass is 35.5. The molecule has 0 amide bonds. The Hall–Kier alpha value is -3.35. The van der Waals surface area contributed by atoms with E-state index in [0.29, 0.717) is 49.9 Å². The number of halogens is 2. The van der Waals surface area contributed by atoms with Crippen molar-refractivity contribution in [2.75, 3.05) is 21.3 Å². The molecule has 0 aliphatic carbocycles. The highest BCUT2D eigenvalue weighted by Gasteiger charge is 2.28. The van der Waals surface area contributed by atoms with Crippen LogP contribution in [0.25, 0.3) is 6.08 Å². The van der Waals surface area contributed by atoms with Crippen LogP contribution in [0.2, 0.25) is 10.0 Å². The molecular weight excluding hydrogens is 467 g/mol. The lowest BCUT2D eigenvalue weighted by Crippen LogP contribution is -2.00. The van der Waals surface area contributed by atoms with Gasteiger partial charge in [-0.2, -0.15) is 0 Å². The Kier molecular flexibility index (Phi) is 6.67. The molecule has 6 nitrogen and oxygen atoms in total. The molecule has 0 spiro atoms. The minimum atomic E-state index is -0.242. The number of Topliss-reactive ketones (excluding diaryl/α,β-unsaturated/α-hetero) is 1. The molecule has 3 aromatic rings. The molecule has 3 aromatic carbocycles. The van der Waals surface area contributed by atoms with Crippen molar-refractivity contribution in [1.82, 2.24) is 0 Å². The van der Waals surface area contributed by atoms with Crippen LogP contribution < -0.4 is 23.7 Å². The number of carbonyl (C=O) groups is 1. The van der Waals surface area contributed by atoms with Gasteiger partial charge in [-0.05, 0) is 36.4 Å². The van der Waals surface area contributed by atoms with Crippen molar-refractivity contribution in [3.63, 3.8) is 0 Å². The van der Waals surface area contributed by atoms with Gasteiger partial charge >= 0.3 is 0 Å². The molecule has 0 fully saturated rings. The normalized spacial score (nSPS) is 13.5. The summed E-state index contributed by atoms with van der Waals surface area (Å²) < 4.78 is 27.8. The fraction of sp³-hybridized carbons (Fsp3) is 0.160. The maximum absolute atomic E-state index is 12.9. The molecule has 0 saturated carbocycles. The van der Waals surface area contributed by atoms with Gasteiger partial charge in [0.2, 0.25) is 5.78 Å². The van der Waals surface area contributed by atoms with E-state index < -0.39 is 0 Å². The van der Waals surface area contributed by atoms with Crippen LogP contribution in [0.5, 0.6) is 28.7 Å². The average Bonchev–Trinajstić information content (AvgIpc) is 3.12. The number of hydrogen-bond donors (Lipinski definition) is 0. The Balaban J connectivity index is 1.57. The summed E-state index contributed by atoms with van der Waals surface area (Å²) >= 11 is 12.1. The number of ether oxygens (including phenoxy) is 5. The van der Waals surface area contributed by atoms with Crippen LogP contribution in [0.3, 0.4) is 0 Å². The van der Waals surface area contributed by atoms with Gasteiger partial charge in [0.1, 0.15) is 23.9 Å². The quantitative estimate of drug-likeness (QED) is 0.369. The molecule has 4 rings (SSSR count). The predicted octanol–water partition coefficient (Wildman–Crippen LogP) is 6.21. The maximum Gasteiger partial charge on any atom is 0.231 e. The predicted molar refractivity (Wildman–Crippen MR) is 126 cm³/mol. The average molecular weight is 487 g/mol. The molecule has 0 N–H and O–H groups in total. The first kappa shape index (κ1) is 22.8. The standard InChI is InChI=1S/C25H20Cl2O6/c1-29-20-12-23(31-3)22(30-2)8-15(20)9-24-25(28)18-7-6-17(11-21(18)33-24)32-13-14-4-5-16(26)10-19(14)27/h4-12H,13H2,1-3H3. The number of fused-ring (bicyclic) bond motifs is 1. The Bertz CT molecular complexity index is 1250. The minimum Gasteiger partial charge on any atom is -0.496 e. The molecule has 33 heavy (non-hydrogen) atoms. The Morgan fingerprint density at radius 1 is 0.879 bits per heavy atom. The number of rotatable bonds is 7. The van der Waals surface area contributed by atoms with Crippen molar-refractivity contribution >= 4 is 35.1 Å². The molecule has 0 aromatic heterocycles. The SMILES string of the molecule is COc1cc(OC)c(OC)cc1C=C1Oc2cc(OCc3ccc(Cl)cc3Cl)ccc2C1=O. The van der Waals surface area contributed by atoms with E-state index in [-0.39, 0.29) is 18.1 Å². The molecule has 0 unspecified atom stereocenters. The van der Waals surface area contributed by atoms with E-state index >= 15 is 0 Å². The largest absolute Gasteiger partial charge is 0.496 e. The molecule has 0 bridgehead atoms. The smallest absolute Gasteiger partial charge is 0.231 e. The van der Waals surface area contributed by atoms with E-state index in [9.17, 15) is 4.79 Å². The molecule has 1 aliphatic heterocycles. The summed E-state index contributed by atoms with van der Waals surface area (Å²) in [5, 5.41) is 1.07. The van der Waals surface area contributed by atoms with Crippen LogP contribution >= 0.6 is 23.2 Å². The number of allylic oxidation sites excluding steroid dienone is 1. The van der Waals surface area contributed by atoms with Gasteiger partial charge in [0.05, 0.1) is 26.9 Å². The van der Waals surface area contributed by atoms with Gasteiger partial charge in [-0.1, -0.05) is 29.3 Å². The van der Waals surface area contributed by atoms with Gasteiger partial charge in [0.25, 0.3) is 0 Å². The minimum absolute atomic E-state index is 0.161. The van der Waals surface area contributed by atoms with E-state index in [1.54, 1.807) is 54.6 Å². The van der Waals surface area contributed by atoms with Crippen LogP contribution in [0.4, 0.5) is 0 Å². The lowest BCUT2D eigenvalue weighted by molar-refractivity contribution is 0.101. The van der Waals surface area contributed by atoms with Crippen LogP contribution in [-0.4, -0.2) is 27.1 Å². The Morgan fingerprint density at radius 2 is 1.61 bits per heavy atom. The molecule has 8 heteroatoms. The van der Waals surface area contributed by atoms with Crippen LogP contribution in [0, 0.1) is 0 Å². The highest BCUT2D eigenvalue weighted by molar-refractivity contribution is 6.35. The van der Waals surface area contributed by atoms with E-state index in [4.69, 9.17) is 46.9 Å². The number of hydrogen-bond acceptors (Lipinski definition) is 6. The van der Waals surface area contributed by atoms with Gasteiger partial charge in [0.15, 0.2) is 17.3 Å². The molecular formula is C25H20Cl2O6. The topological polar surface area (TPSA) is 63.2 Å². The van der Waals surface area contributed by atoms with Crippen molar-refractivity contribution in [2.24, 2.45) is 0 Å². The lowest BCUT2D eigenvalue weighted by atomic mass is 10.1. The first-order valence-corrected chi connectivity index (χ1v) is 10.6. The third-order valence-corrected chi connectivity index (χ3v) is 5.66. The highest BCUT2D eigenvalue weighted by Crippen LogP contribution is 2.39. The number of carbonyl (C=O) groups excluding carboxylic acids is 1. The monoisotopic (exact) mass is 486 g/mol. The summed E-state index contributed by atoms with van der Waals surface area (Å²) in [7, 11) is 4.61. The number of benzene rings is 3. The summed E-state index contributed by atoms with van der Waals surface area (Å²) in [6.45, 7) is 0.244. The Labute approximate surface area is 201 Å². The second-order valence-electron chi connectivity index (χ2n) is 7.07. The van der Waals surface area contributed by atoms with Gasteiger partial charge in [-0.15, -0.1) is 0 Å². The van der Waals surface area contributed by atoms with Crippen molar-refractivity contribution in [3.05, 3.63) is 81.0 Å². The van der Waals surface area contributed by atoms with Crippen molar-refractivity contribution in [3.8, 4) is 28.7 Å². The van der Waals surface area contributed by atoms with Crippen LogP contribution in [0.1, 0.15) is 21.5 Å². The van der Waals surface area contributed by atoms with Crippen LogP contribution in [-0.2, 0) is 6.61 Å². The second-order valence-corrected chi connectivity index (χ2v) is 7.91. The molecule has 0 saturated heterocycles. The van der Waals surface area contributed by atoms with E-state index in [1.807, 2.05) is 0 Å². The molecule has 0 atom stereocenters. The zero-order valence-corrected chi connectivity index (χ0v) is 19.6. The van der Waals surface area contributed by atoms with E-state index in [1.165, 1.54) is 21.3 Å². The zero-order chi connectivity index (χ0) is 23.5. The number of ketones is 1. The van der Waals surface area contributed by atoms with Crippen molar-refractivity contribution < 1.29 is 28.5 Å². The molecule has 0 radical (unpaired) electrons. The third kappa shape index (κ3) is 4.72. The van der Waals surface area contributed by atoms with Crippen LogP contribution in [0.15, 0.2) is 54.3 Å². The molecule has 1 aliphatic rings. The van der Waals surface area contributed by atoms with Gasteiger partial charge in [0, 0.05) is 33.3 Å². The molecule has 1 heterocycles. The Morgan fingerprint density at radius 3 is 2.30 bits per heavy atom. The maximum atomic E-state index is 12.9. The first-order valence-electron chi connectivity index (χ1n) is 9.88. The lowest BCUT2D eigenvalue weighted by Gasteiger charge is -2.12. The van der Waals surface area contributed by atoms with Crippen molar-refractivity contribution in [1.29, 1.82) is 0 Å². The summed E-state index contributed by atoms with van der Waals surface area (Å²) in [5.74, 6) is 2.40. The van der Waals surface area contributed by atoms with Crippen molar-refractivity contribution in [2.45, 2.75) is 6.61 Å².